The molecule has 0 aliphatic rings. The van der Waals surface area contributed by atoms with Gasteiger partial charge in [0.1, 0.15) is 0 Å². The zero-order valence-electron chi connectivity index (χ0n) is 14.5. The van der Waals surface area contributed by atoms with E-state index in [1.807, 2.05) is 12.1 Å². The maximum absolute atomic E-state index is 6.47. The third kappa shape index (κ3) is 4.02. The lowest BCUT2D eigenvalue weighted by Gasteiger charge is -2.25. The second-order valence-corrected chi connectivity index (χ2v) is 7.28. The summed E-state index contributed by atoms with van der Waals surface area (Å²) in [7, 11) is 0. The van der Waals surface area contributed by atoms with E-state index in [2.05, 4.69) is 63.8 Å². The summed E-state index contributed by atoms with van der Waals surface area (Å²) in [5.74, 6) is 0.845. The molecule has 2 aromatic carbocycles. The van der Waals surface area contributed by atoms with Crippen molar-refractivity contribution in [3.8, 4) is 0 Å². The summed E-state index contributed by atoms with van der Waals surface area (Å²) in [6.45, 7) is 11.6. The predicted molar refractivity (Wildman–Crippen MR) is 104 cm³/mol. The van der Waals surface area contributed by atoms with Crippen LogP contribution in [0.2, 0.25) is 10.0 Å². The summed E-state index contributed by atoms with van der Waals surface area (Å²) in [6, 6.07) is 12.7. The van der Waals surface area contributed by atoms with Crippen molar-refractivity contribution in [3.05, 3.63) is 57.6 Å². The van der Waals surface area contributed by atoms with Gasteiger partial charge in [0.25, 0.3) is 0 Å². The minimum Gasteiger partial charge on any atom is -0.342 e. The fourth-order valence-corrected chi connectivity index (χ4v) is 3.74. The molecule has 23 heavy (non-hydrogen) atoms. The van der Waals surface area contributed by atoms with Crippen molar-refractivity contribution >= 4 is 34.6 Å². The van der Waals surface area contributed by atoms with Crippen LogP contribution in [0.3, 0.4) is 0 Å². The second-order valence-electron chi connectivity index (χ2n) is 6.47. The van der Waals surface area contributed by atoms with E-state index >= 15 is 0 Å². The first-order valence-electron chi connectivity index (χ1n) is 8.21. The molecule has 0 aromatic heterocycles. The topological polar surface area (TPSA) is 3.24 Å². The standard InChI is InChI=1S/C20H25Cl2N/c1-6-23(16-9-7-15(8-10-16)13(2)3)17-11-18(21)20(14(4)5)19(22)12-17/h7-14H,6H2,1-5H3. The summed E-state index contributed by atoms with van der Waals surface area (Å²) >= 11 is 12.9. The number of halogens is 2. The van der Waals surface area contributed by atoms with E-state index in [0.717, 1.165) is 33.5 Å². The summed E-state index contributed by atoms with van der Waals surface area (Å²) in [5.41, 5.74) is 4.55. The number of anilines is 2. The van der Waals surface area contributed by atoms with Crippen LogP contribution in [0.1, 0.15) is 57.6 Å². The largest absolute Gasteiger partial charge is 0.342 e. The highest BCUT2D eigenvalue weighted by atomic mass is 35.5. The van der Waals surface area contributed by atoms with Crippen molar-refractivity contribution in [1.82, 2.24) is 0 Å². The van der Waals surface area contributed by atoms with Gasteiger partial charge in [0.05, 0.1) is 0 Å². The van der Waals surface area contributed by atoms with Gasteiger partial charge in [-0.05, 0) is 54.2 Å². The minimum atomic E-state index is 0.310. The molecule has 0 saturated heterocycles. The Kier molecular flexibility index (Phi) is 6.00. The highest BCUT2D eigenvalue weighted by Gasteiger charge is 2.15. The van der Waals surface area contributed by atoms with Crippen LogP contribution in [0.15, 0.2) is 36.4 Å². The first kappa shape index (κ1) is 18.2. The van der Waals surface area contributed by atoms with Gasteiger partial charge >= 0.3 is 0 Å². The van der Waals surface area contributed by atoms with Crippen molar-refractivity contribution in [2.45, 2.75) is 46.5 Å². The smallest absolute Gasteiger partial charge is 0.0476 e. The molecular formula is C20H25Cl2N. The molecule has 0 heterocycles. The number of benzene rings is 2. The Balaban J connectivity index is 2.41. The van der Waals surface area contributed by atoms with Gasteiger partial charge in [-0.25, -0.2) is 0 Å². The molecule has 0 unspecified atom stereocenters. The minimum absolute atomic E-state index is 0.310. The molecule has 124 valence electrons. The molecule has 0 atom stereocenters. The van der Waals surface area contributed by atoms with Crippen LogP contribution in [-0.2, 0) is 0 Å². The van der Waals surface area contributed by atoms with Crippen molar-refractivity contribution < 1.29 is 0 Å². The fraction of sp³-hybridized carbons (Fsp3) is 0.400. The van der Waals surface area contributed by atoms with Gasteiger partial charge in [0.15, 0.2) is 0 Å². The van der Waals surface area contributed by atoms with E-state index in [-0.39, 0.29) is 0 Å². The Labute approximate surface area is 150 Å². The van der Waals surface area contributed by atoms with Crippen LogP contribution in [0.25, 0.3) is 0 Å². The molecular weight excluding hydrogens is 325 g/mol. The van der Waals surface area contributed by atoms with Crippen LogP contribution in [0.5, 0.6) is 0 Å². The number of hydrogen-bond donors (Lipinski definition) is 0. The first-order chi connectivity index (χ1) is 10.8. The van der Waals surface area contributed by atoms with Gasteiger partial charge in [-0.3, -0.25) is 0 Å². The van der Waals surface area contributed by atoms with E-state index in [0.29, 0.717) is 11.8 Å². The summed E-state index contributed by atoms with van der Waals surface area (Å²) in [4.78, 5) is 2.23. The van der Waals surface area contributed by atoms with E-state index < -0.39 is 0 Å². The molecule has 1 nitrogen and oxygen atoms in total. The number of rotatable bonds is 5. The highest BCUT2D eigenvalue weighted by Crippen LogP contribution is 2.37. The molecule has 2 aromatic rings. The van der Waals surface area contributed by atoms with Crippen molar-refractivity contribution in [2.24, 2.45) is 0 Å². The number of hydrogen-bond acceptors (Lipinski definition) is 1. The van der Waals surface area contributed by atoms with Crippen molar-refractivity contribution in [3.63, 3.8) is 0 Å². The van der Waals surface area contributed by atoms with E-state index in [9.17, 15) is 0 Å². The van der Waals surface area contributed by atoms with E-state index in [1.54, 1.807) is 0 Å². The molecule has 0 saturated carbocycles. The first-order valence-corrected chi connectivity index (χ1v) is 8.97. The Morgan fingerprint density at radius 3 is 1.74 bits per heavy atom. The molecule has 0 amide bonds. The van der Waals surface area contributed by atoms with Crippen LogP contribution < -0.4 is 4.90 Å². The highest BCUT2D eigenvalue weighted by molar-refractivity contribution is 6.36. The Morgan fingerprint density at radius 1 is 0.826 bits per heavy atom. The molecule has 0 N–H and O–H groups in total. The maximum atomic E-state index is 6.47. The van der Waals surface area contributed by atoms with Crippen molar-refractivity contribution in [2.75, 3.05) is 11.4 Å². The third-order valence-electron chi connectivity index (χ3n) is 4.14. The Bertz CT molecular complexity index is 637. The lowest BCUT2D eigenvalue weighted by atomic mass is 10.0. The average molecular weight is 350 g/mol. The van der Waals surface area contributed by atoms with Crippen LogP contribution >= 0.6 is 23.2 Å². The van der Waals surface area contributed by atoms with Gasteiger partial charge in [0.2, 0.25) is 0 Å². The lowest BCUT2D eigenvalue weighted by molar-refractivity contribution is 0.864. The van der Waals surface area contributed by atoms with E-state index in [1.165, 1.54) is 5.56 Å². The SMILES string of the molecule is CCN(c1ccc(C(C)C)cc1)c1cc(Cl)c(C(C)C)c(Cl)c1. The molecule has 2 rings (SSSR count). The summed E-state index contributed by atoms with van der Waals surface area (Å²) < 4.78 is 0. The van der Waals surface area contributed by atoms with Crippen LogP contribution in [0.4, 0.5) is 11.4 Å². The van der Waals surface area contributed by atoms with Gasteiger partial charge in [-0.1, -0.05) is 63.0 Å². The maximum Gasteiger partial charge on any atom is 0.0476 e. The van der Waals surface area contributed by atoms with Gasteiger partial charge in [0, 0.05) is 28.0 Å². The summed E-state index contributed by atoms with van der Waals surface area (Å²) in [6.07, 6.45) is 0. The summed E-state index contributed by atoms with van der Waals surface area (Å²) in [5, 5.41) is 1.47. The predicted octanol–water partition coefficient (Wildman–Crippen LogP) is 7.40. The molecule has 0 spiro atoms. The third-order valence-corrected chi connectivity index (χ3v) is 4.77. The average Bonchev–Trinajstić information content (AvgIpc) is 2.47. The van der Waals surface area contributed by atoms with Gasteiger partial charge in [-0.15, -0.1) is 0 Å². The Morgan fingerprint density at radius 2 is 1.35 bits per heavy atom. The van der Waals surface area contributed by atoms with Crippen LogP contribution in [-0.4, -0.2) is 6.54 Å². The fourth-order valence-electron chi connectivity index (χ4n) is 2.83. The van der Waals surface area contributed by atoms with Gasteiger partial charge < -0.3 is 4.90 Å². The van der Waals surface area contributed by atoms with E-state index in [4.69, 9.17) is 23.2 Å². The normalized spacial score (nSPS) is 11.3. The molecule has 0 fully saturated rings. The quantitative estimate of drug-likeness (QED) is 0.543. The molecule has 0 aliphatic carbocycles. The molecule has 0 bridgehead atoms. The number of nitrogens with zero attached hydrogens (tertiary/aromatic N) is 1. The second kappa shape index (κ2) is 7.59. The van der Waals surface area contributed by atoms with Crippen LogP contribution in [0, 0.1) is 0 Å². The van der Waals surface area contributed by atoms with Gasteiger partial charge in [-0.2, -0.15) is 0 Å². The molecule has 0 radical (unpaired) electrons. The van der Waals surface area contributed by atoms with Crippen molar-refractivity contribution in [1.29, 1.82) is 0 Å². The molecule has 0 aliphatic heterocycles. The Hall–Kier alpha value is -1.18. The zero-order valence-corrected chi connectivity index (χ0v) is 16.0. The lowest BCUT2D eigenvalue weighted by Crippen LogP contribution is -2.16. The zero-order chi connectivity index (χ0) is 17.1. The monoisotopic (exact) mass is 349 g/mol. The molecule has 3 heteroatoms.